The molecule has 5 nitrogen and oxygen atoms in total. The molecular weight excluding hydrogens is 328 g/mol. The largest absolute Gasteiger partial charge is 0.497 e. The first-order chi connectivity index (χ1) is 12.4. The summed E-state index contributed by atoms with van der Waals surface area (Å²) in [6.07, 6.45) is 0.660. The summed E-state index contributed by atoms with van der Waals surface area (Å²) < 4.78 is 5.22. The average Bonchev–Trinajstić information content (AvgIpc) is 2.61. The Labute approximate surface area is 155 Å². The van der Waals surface area contributed by atoms with Crippen LogP contribution in [-0.2, 0) is 16.0 Å². The molecule has 2 aromatic carbocycles. The Morgan fingerprint density at radius 1 is 1.08 bits per heavy atom. The van der Waals surface area contributed by atoms with E-state index >= 15 is 0 Å². The molecule has 0 fully saturated rings. The van der Waals surface area contributed by atoms with Crippen molar-refractivity contribution >= 4 is 17.5 Å². The fourth-order valence-electron chi connectivity index (χ4n) is 2.80. The molecule has 0 bridgehead atoms. The third kappa shape index (κ3) is 5.34. The molecule has 0 aromatic heterocycles. The minimum absolute atomic E-state index is 0.0348. The summed E-state index contributed by atoms with van der Waals surface area (Å²) in [6.45, 7) is 5.90. The molecule has 0 saturated carbocycles. The van der Waals surface area contributed by atoms with Gasteiger partial charge in [0.05, 0.1) is 13.7 Å². The molecule has 2 rings (SSSR count). The summed E-state index contributed by atoms with van der Waals surface area (Å²) in [5, 5.41) is 2.93. The summed E-state index contributed by atoms with van der Waals surface area (Å²) in [7, 11) is 1.62. The molecule has 0 saturated heterocycles. The summed E-state index contributed by atoms with van der Waals surface area (Å²) in [6, 6.07) is 13.6. The van der Waals surface area contributed by atoms with Crippen molar-refractivity contribution in [2.45, 2.75) is 27.2 Å². The Morgan fingerprint density at radius 3 is 2.35 bits per heavy atom. The van der Waals surface area contributed by atoms with E-state index in [1.165, 1.54) is 6.92 Å². The van der Waals surface area contributed by atoms with Gasteiger partial charge >= 0.3 is 0 Å². The molecule has 0 aliphatic heterocycles. The summed E-state index contributed by atoms with van der Waals surface area (Å²) in [5.74, 6) is 0.470. The number of carbonyl (C=O) groups is 2. The van der Waals surface area contributed by atoms with Crippen LogP contribution in [0.5, 0.6) is 5.75 Å². The van der Waals surface area contributed by atoms with Gasteiger partial charge in [0.15, 0.2) is 0 Å². The maximum atomic E-state index is 12.4. The molecule has 0 radical (unpaired) electrons. The Bertz CT molecular complexity index is 766. The van der Waals surface area contributed by atoms with E-state index in [9.17, 15) is 9.59 Å². The number of amides is 2. The number of para-hydroxylation sites is 1. The molecule has 5 heteroatoms. The third-order valence-electron chi connectivity index (χ3n) is 4.33. The molecule has 26 heavy (non-hydrogen) atoms. The van der Waals surface area contributed by atoms with Gasteiger partial charge in [-0.25, -0.2) is 0 Å². The Balaban J connectivity index is 1.99. The fourth-order valence-corrected chi connectivity index (χ4v) is 2.80. The molecule has 0 heterocycles. The highest BCUT2D eigenvalue weighted by molar-refractivity contribution is 5.95. The molecule has 1 N–H and O–H groups in total. The number of nitrogens with one attached hydrogen (secondary N) is 1. The van der Waals surface area contributed by atoms with Gasteiger partial charge in [-0.3, -0.25) is 9.59 Å². The lowest BCUT2D eigenvalue weighted by Crippen LogP contribution is -2.38. The quantitative estimate of drug-likeness (QED) is 0.830. The van der Waals surface area contributed by atoms with Crippen molar-refractivity contribution < 1.29 is 14.3 Å². The second-order valence-electron chi connectivity index (χ2n) is 6.36. The number of carbonyl (C=O) groups excluding carboxylic acids is 2. The molecule has 138 valence electrons. The SMILES string of the molecule is COc1cccc(CCN(CC(=O)Nc2c(C)cccc2C)C(C)=O)c1. The molecule has 0 aliphatic carbocycles. The van der Waals surface area contributed by atoms with Crippen molar-refractivity contribution in [2.24, 2.45) is 0 Å². The maximum absolute atomic E-state index is 12.4. The van der Waals surface area contributed by atoms with Crippen LogP contribution < -0.4 is 10.1 Å². The van der Waals surface area contributed by atoms with Gasteiger partial charge < -0.3 is 15.0 Å². The van der Waals surface area contributed by atoms with E-state index in [-0.39, 0.29) is 18.4 Å². The van der Waals surface area contributed by atoms with Gasteiger partial charge in [-0.05, 0) is 49.1 Å². The number of methoxy groups -OCH3 is 1. The average molecular weight is 354 g/mol. The molecule has 2 amide bonds. The van der Waals surface area contributed by atoms with Gasteiger partial charge in [0.2, 0.25) is 11.8 Å². The van der Waals surface area contributed by atoms with Crippen LogP contribution in [0.25, 0.3) is 0 Å². The Kier molecular flexibility index (Phi) is 6.78. The van der Waals surface area contributed by atoms with Crippen LogP contribution in [0.15, 0.2) is 42.5 Å². The second kappa shape index (κ2) is 9.04. The minimum atomic E-state index is -0.191. The van der Waals surface area contributed by atoms with Crippen LogP contribution in [0.2, 0.25) is 0 Å². The molecule has 0 atom stereocenters. The van der Waals surface area contributed by atoms with E-state index in [4.69, 9.17) is 4.74 Å². The first-order valence-electron chi connectivity index (χ1n) is 8.65. The highest BCUT2D eigenvalue weighted by atomic mass is 16.5. The molecule has 0 unspecified atom stereocenters. The van der Waals surface area contributed by atoms with Crippen LogP contribution in [0.1, 0.15) is 23.6 Å². The van der Waals surface area contributed by atoms with Crippen molar-refractivity contribution in [3.63, 3.8) is 0 Å². The lowest BCUT2D eigenvalue weighted by Gasteiger charge is -2.21. The number of benzene rings is 2. The zero-order valence-electron chi connectivity index (χ0n) is 15.8. The van der Waals surface area contributed by atoms with Gasteiger partial charge in [-0.1, -0.05) is 30.3 Å². The lowest BCUT2D eigenvalue weighted by atomic mass is 10.1. The summed E-state index contributed by atoms with van der Waals surface area (Å²) in [4.78, 5) is 25.9. The number of hydrogen-bond acceptors (Lipinski definition) is 3. The predicted octanol–water partition coefficient (Wildman–Crippen LogP) is 3.34. The van der Waals surface area contributed by atoms with E-state index in [0.29, 0.717) is 13.0 Å². The second-order valence-corrected chi connectivity index (χ2v) is 6.36. The van der Waals surface area contributed by atoms with Crippen molar-refractivity contribution in [3.05, 3.63) is 59.2 Å². The topological polar surface area (TPSA) is 58.6 Å². The van der Waals surface area contributed by atoms with Crippen LogP contribution in [0.3, 0.4) is 0 Å². The Morgan fingerprint density at radius 2 is 1.73 bits per heavy atom. The van der Waals surface area contributed by atoms with Crippen molar-refractivity contribution in [1.82, 2.24) is 4.90 Å². The highest BCUT2D eigenvalue weighted by Gasteiger charge is 2.15. The fraction of sp³-hybridized carbons (Fsp3) is 0.333. The van der Waals surface area contributed by atoms with Gasteiger partial charge in [0.25, 0.3) is 0 Å². The maximum Gasteiger partial charge on any atom is 0.244 e. The third-order valence-corrected chi connectivity index (χ3v) is 4.33. The van der Waals surface area contributed by atoms with E-state index in [2.05, 4.69) is 5.32 Å². The molecule has 0 spiro atoms. The van der Waals surface area contributed by atoms with Gasteiger partial charge in [-0.15, -0.1) is 0 Å². The first kappa shape index (κ1) is 19.5. The Hall–Kier alpha value is -2.82. The number of nitrogens with zero attached hydrogens (tertiary/aromatic N) is 1. The zero-order chi connectivity index (χ0) is 19.1. The van der Waals surface area contributed by atoms with E-state index in [1.54, 1.807) is 12.0 Å². The van der Waals surface area contributed by atoms with Crippen LogP contribution in [0, 0.1) is 13.8 Å². The van der Waals surface area contributed by atoms with E-state index < -0.39 is 0 Å². The van der Waals surface area contributed by atoms with Gasteiger partial charge in [0.1, 0.15) is 5.75 Å². The van der Waals surface area contributed by atoms with Gasteiger partial charge in [-0.2, -0.15) is 0 Å². The molecule has 0 aliphatic rings. The normalized spacial score (nSPS) is 10.3. The zero-order valence-corrected chi connectivity index (χ0v) is 15.8. The number of rotatable bonds is 7. The molecular formula is C21H26N2O3. The highest BCUT2D eigenvalue weighted by Crippen LogP contribution is 2.19. The van der Waals surface area contributed by atoms with E-state index in [1.807, 2.05) is 56.3 Å². The summed E-state index contributed by atoms with van der Waals surface area (Å²) >= 11 is 0. The van der Waals surface area contributed by atoms with Crippen molar-refractivity contribution in [3.8, 4) is 5.75 Å². The molecule has 2 aromatic rings. The van der Waals surface area contributed by atoms with Crippen molar-refractivity contribution in [2.75, 3.05) is 25.5 Å². The van der Waals surface area contributed by atoms with Crippen LogP contribution >= 0.6 is 0 Å². The van der Waals surface area contributed by atoms with Crippen LogP contribution in [0.4, 0.5) is 5.69 Å². The minimum Gasteiger partial charge on any atom is -0.497 e. The van der Waals surface area contributed by atoms with Crippen LogP contribution in [-0.4, -0.2) is 36.9 Å². The monoisotopic (exact) mass is 354 g/mol. The first-order valence-corrected chi connectivity index (χ1v) is 8.65. The van der Waals surface area contributed by atoms with Gasteiger partial charge in [0, 0.05) is 19.2 Å². The summed E-state index contributed by atoms with van der Waals surface area (Å²) in [5.41, 5.74) is 3.88. The van der Waals surface area contributed by atoms with Crippen molar-refractivity contribution in [1.29, 1.82) is 0 Å². The standard InChI is InChI=1S/C21H26N2O3/c1-15-7-5-8-16(2)21(15)22-20(25)14-23(17(3)24)12-11-18-9-6-10-19(13-18)26-4/h5-10,13H,11-12,14H2,1-4H3,(H,22,25). The number of hydrogen-bond donors (Lipinski definition) is 1. The number of aryl methyl sites for hydroxylation is 2. The number of ether oxygens (including phenoxy) is 1. The lowest BCUT2D eigenvalue weighted by molar-refractivity contribution is -0.132. The number of anilines is 1. The smallest absolute Gasteiger partial charge is 0.244 e. The predicted molar refractivity (Wildman–Crippen MR) is 103 cm³/mol. The van der Waals surface area contributed by atoms with E-state index in [0.717, 1.165) is 28.1 Å².